The zero-order valence-electron chi connectivity index (χ0n) is 48.6. The molecular weight excluding hydrogens is 1200 g/mol. The SMILES string of the molecule is O=C(C=CC1CCC(O)C(OC2OC(CO)C(O)C(O)C2O)C1)OCC1OC(OC2C(OC3CC4C(OC5OC(CO)C(O)C(O)C5O)CC(O)CC4OC3C3CCC(O)C(O)C3)OC(COC(=O)C=CC3CCC(O)C(O)C3)C(O)C2O)C(O)C(O)C1O. The summed E-state index contributed by atoms with van der Waals surface area (Å²) in [7, 11) is 0. The molecule has 0 radical (unpaired) electrons. The summed E-state index contributed by atoms with van der Waals surface area (Å²) in [6.07, 6.45) is -40.3. The van der Waals surface area contributed by atoms with E-state index in [4.69, 9.17) is 52.1 Å². The van der Waals surface area contributed by atoms with Gasteiger partial charge in [0, 0.05) is 24.5 Å². The molecule has 9 fully saturated rings. The fourth-order valence-corrected chi connectivity index (χ4v) is 13.7. The van der Waals surface area contributed by atoms with Crippen LogP contribution in [0.4, 0.5) is 0 Å². The standard InChI is InChI=1S/C57H90O32/c58-17-35-41(68)45(72)49(76)54(85-35)82-32-15-24(60)14-31-25(32)16-34(52(81-31)23-5-8-27(62)30(65)13-23)84-57-53(48(75)44(71)38(88-57)20-80-39(66)9-3-21-1-6-26(61)29(64)11-21)89-56-51(78)47(74)43(70)37(87-56)19-79-40(67)10-4-22-2-7-28(63)33(12-22)83-55-50(77)46(73)42(69)36(18-59)86-55/h3-4,9-10,21-38,41-65,68-78H,1-2,5-8,11-20H2. The molecule has 510 valence electrons. The molecule has 0 aromatic carbocycles. The first kappa shape index (κ1) is 70.6. The Morgan fingerprint density at radius 1 is 0.382 bits per heavy atom. The highest BCUT2D eigenvalue weighted by atomic mass is 16.8. The smallest absolute Gasteiger partial charge is 0.330 e. The maximum Gasteiger partial charge on any atom is 0.330 e. The first-order valence-corrected chi connectivity index (χ1v) is 30.7. The molecule has 5 saturated heterocycles. The third-order valence-corrected chi connectivity index (χ3v) is 19.1. The van der Waals surface area contributed by atoms with Crippen molar-refractivity contribution in [1.29, 1.82) is 0 Å². The molecule has 89 heavy (non-hydrogen) atoms. The van der Waals surface area contributed by atoms with Crippen molar-refractivity contribution in [1.82, 2.24) is 0 Å². The molecule has 9 aliphatic rings. The van der Waals surface area contributed by atoms with E-state index in [1.165, 1.54) is 12.2 Å². The van der Waals surface area contributed by atoms with E-state index in [1.54, 1.807) is 0 Å². The van der Waals surface area contributed by atoms with Crippen molar-refractivity contribution in [3.8, 4) is 0 Å². The van der Waals surface area contributed by atoms with Crippen molar-refractivity contribution in [3.05, 3.63) is 24.3 Å². The van der Waals surface area contributed by atoms with E-state index < -0.39 is 246 Å². The minimum absolute atomic E-state index is 0.0194. The van der Waals surface area contributed by atoms with E-state index >= 15 is 0 Å². The van der Waals surface area contributed by atoms with Crippen molar-refractivity contribution < 1.29 is 159 Å². The van der Waals surface area contributed by atoms with Gasteiger partial charge in [-0.25, -0.2) is 9.59 Å². The van der Waals surface area contributed by atoms with Crippen molar-refractivity contribution in [2.75, 3.05) is 26.4 Å². The molecule has 0 spiro atoms. The van der Waals surface area contributed by atoms with Gasteiger partial charge in [-0.3, -0.25) is 0 Å². The normalized spacial score (nSPS) is 50.1. The summed E-state index contributed by atoms with van der Waals surface area (Å²) in [6.45, 7) is -3.00. The van der Waals surface area contributed by atoms with Gasteiger partial charge in [-0.1, -0.05) is 12.2 Å². The minimum atomic E-state index is -2.13. The summed E-state index contributed by atoms with van der Waals surface area (Å²) in [5, 5.41) is 204. The molecule has 0 amide bonds. The van der Waals surface area contributed by atoms with Crippen LogP contribution in [-0.4, -0.2) is 325 Å². The molecular formula is C57H90O32. The minimum Gasteiger partial charge on any atom is -0.460 e. The van der Waals surface area contributed by atoms with Gasteiger partial charge in [0.2, 0.25) is 0 Å². The number of hydrogen-bond acceptors (Lipinski definition) is 32. The quantitative estimate of drug-likeness (QED) is 0.0422. The Hall–Kier alpha value is -2.70. The zero-order chi connectivity index (χ0) is 64.3. The summed E-state index contributed by atoms with van der Waals surface area (Å²) in [5.41, 5.74) is 0. The topological polar surface area (TPSA) is 520 Å². The van der Waals surface area contributed by atoms with E-state index in [9.17, 15) is 107 Å². The first-order valence-electron chi connectivity index (χ1n) is 30.7. The Balaban J connectivity index is 0.921. The molecule has 32 heteroatoms. The molecule has 35 unspecified atom stereocenters. The third kappa shape index (κ3) is 16.7. The van der Waals surface area contributed by atoms with Crippen LogP contribution in [0.5, 0.6) is 0 Å². The summed E-state index contributed by atoms with van der Waals surface area (Å²) in [5.74, 6) is -3.99. The van der Waals surface area contributed by atoms with Gasteiger partial charge in [0.1, 0.15) is 111 Å². The van der Waals surface area contributed by atoms with Crippen LogP contribution in [0.1, 0.15) is 77.0 Å². The van der Waals surface area contributed by atoms with Crippen LogP contribution in [0.15, 0.2) is 24.3 Å². The highest BCUT2D eigenvalue weighted by Gasteiger charge is 2.57. The largest absolute Gasteiger partial charge is 0.460 e. The Morgan fingerprint density at radius 3 is 1.37 bits per heavy atom. The number of carbonyl (C=O) groups excluding carboxylic acids is 2. The lowest BCUT2D eigenvalue weighted by atomic mass is 9.72. The molecule has 5 aliphatic heterocycles. The fraction of sp³-hybridized carbons (Fsp3) is 0.895. The van der Waals surface area contributed by atoms with Gasteiger partial charge in [0.05, 0.1) is 80.4 Å². The molecule has 4 saturated carbocycles. The second kappa shape index (κ2) is 31.2. The number of esters is 2. The summed E-state index contributed by atoms with van der Waals surface area (Å²) in [6, 6.07) is 0. The second-order valence-corrected chi connectivity index (χ2v) is 25.3. The Bertz CT molecular complexity index is 2300. The first-order chi connectivity index (χ1) is 42.3. The van der Waals surface area contributed by atoms with E-state index in [-0.39, 0.29) is 70.1 Å². The summed E-state index contributed by atoms with van der Waals surface area (Å²) in [4.78, 5) is 26.3. The van der Waals surface area contributed by atoms with Crippen LogP contribution in [0, 0.1) is 23.7 Å². The number of aliphatic hydroxyl groups excluding tert-OH is 19. The van der Waals surface area contributed by atoms with Crippen LogP contribution in [0.25, 0.3) is 0 Å². The van der Waals surface area contributed by atoms with Crippen LogP contribution in [-0.2, 0) is 61.7 Å². The Morgan fingerprint density at radius 2 is 0.831 bits per heavy atom. The average Bonchev–Trinajstić information content (AvgIpc) is 1.10. The number of carbonyl (C=O) groups is 2. The van der Waals surface area contributed by atoms with E-state index in [0.717, 1.165) is 12.2 Å². The van der Waals surface area contributed by atoms with E-state index in [2.05, 4.69) is 0 Å². The van der Waals surface area contributed by atoms with Crippen LogP contribution in [0.3, 0.4) is 0 Å². The van der Waals surface area contributed by atoms with Crippen LogP contribution >= 0.6 is 0 Å². The maximum atomic E-state index is 13.2. The fourth-order valence-electron chi connectivity index (χ4n) is 13.7. The lowest BCUT2D eigenvalue weighted by molar-refractivity contribution is -0.380. The lowest BCUT2D eigenvalue weighted by Crippen LogP contribution is -2.66. The van der Waals surface area contributed by atoms with Gasteiger partial charge in [-0.15, -0.1) is 0 Å². The highest BCUT2D eigenvalue weighted by Crippen LogP contribution is 2.46. The summed E-state index contributed by atoms with van der Waals surface area (Å²) < 4.78 is 65.9. The van der Waals surface area contributed by atoms with Crippen LogP contribution < -0.4 is 0 Å². The van der Waals surface area contributed by atoms with Gasteiger partial charge in [0.15, 0.2) is 25.2 Å². The van der Waals surface area contributed by atoms with Crippen molar-refractivity contribution in [2.45, 2.75) is 267 Å². The molecule has 0 bridgehead atoms. The lowest BCUT2D eigenvalue weighted by Gasteiger charge is -2.53. The predicted molar refractivity (Wildman–Crippen MR) is 289 cm³/mol. The molecule has 35 atom stereocenters. The number of fused-ring (bicyclic) bond motifs is 1. The molecule has 0 aromatic rings. The average molecular weight is 1290 g/mol. The molecule has 0 aromatic heterocycles. The number of ether oxygens (including phenoxy) is 11. The molecule has 4 aliphatic carbocycles. The highest BCUT2D eigenvalue weighted by molar-refractivity contribution is 5.82. The monoisotopic (exact) mass is 1290 g/mol. The summed E-state index contributed by atoms with van der Waals surface area (Å²) >= 11 is 0. The van der Waals surface area contributed by atoms with Crippen LogP contribution in [0.2, 0.25) is 0 Å². The maximum absolute atomic E-state index is 13.2. The molecule has 9 rings (SSSR count). The van der Waals surface area contributed by atoms with Crippen molar-refractivity contribution >= 4 is 11.9 Å². The predicted octanol–water partition coefficient (Wildman–Crippen LogP) is -8.29. The third-order valence-electron chi connectivity index (χ3n) is 19.1. The Labute approximate surface area is 510 Å². The van der Waals surface area contributed by atoms with Gasteiger partial charge in [-0.2, -0.15) is 0 Å². The van der Waals surface area contributed by atoms with E-state index in [0.29, 0.717) is 12.8 Å². The van der Waals surface area contributed by atoms with Gasteiger partial charge < -0.3 is 149 Å². The second-order valence-electron chi connectivity index (χ2n) is 25.3. The molecule has 19 N–H and O–H groups in total. The number of aliphatic hydroxyl groups is 19. The zero-order valence-corrected chi connectivity index (χ0v) is 48.6. The number of rotatable bonds is 19. The van der Waals surface area contributed by atoms with Crippen molar-refractivity contribution in [3.63, 3.8) is 0 Å². The van der Waals surface area contributed by atoms with Gasteiger partial charge >= 0.3 is 11.9 Å². The number of allylic oxidation sites excluding steroid dienone is 2. The molecule has 32 nitrogen and oxygen atoms in total. The van der Waals surface area contributed by atoms with E-state index in [1.807, 2.05) is 0 Å². The molecule has 5 heterocycles. The van der Waals surface area contributed by atoms with Gasteiger partial charge in [-0.05, 0) is 88.4 Å². The Kier molecular flexibility index (Phi) is 24.8. The number of hydrogen-bond donors (Lipinski definition) is 19. The van der Waals surface area contributed by atoms with Crippen molar-refractivity contribution in [2.24, 2.45) is 23.7 Å². The van der Waals surface area contributed by atoms with Gasteiger partial charge in [0.25, 0.3) is 0 Å².